The average Bonchev–Trinajstić information content (AvgIpc) is 2.41. The molecule has 0 bridgehead atoms. The van der Waals surface area contributed by atoms with Crippen molar-refractivity contribution in [3.05, 3.63) is 52.4 Å². The van der Waals surface area contributed by atoms with Crippen molar-refractivity contribution in [1.29, 1.82) is 0 Å². The number of amides is 1. The third-order valence-electron chi connectivity index (χ3n) is 2.56. The minimum atomic E-state index is -3.39. The zero-order chi connectivity index (χ0) is 15.6. The molecule has 8 heteroatoms. The largest absolute Gasteiger partial charge is 0.321 e. The topological polar surface area (TPSA) is 76.1 Å². The Morgan fingerprint density at radius 3 is 2.52 bits per heavy atom. The molecule has 0 fully saturated rings. The summed E-state index contributed by atoms with van der Waals surface area (Å²) in [6.45, 7) is 0. The molecule has 1 heterocycles. The molecular formula is C13H10BrFN2O3S. The third-order valence-corrected chi connectivity index (χ3v) is 4.20. The van der Waals surface area contributed by atoms with E-state index in [2.05, 4.69) is 26.2 Å². The van der Waals surface area contributed by atoms with Crippen LogP contribution in [0.25, 0.3) is 0 Å². The lowest BCUT2D eigenvalue weighted by Gasteiger charge is -2.06. The molecular weight excluding hydrogens is 363 g/mol. The molecule has 0 atom stereocenters. The second kappa shape index (κ2) is 5.90. The molecule has 2 aromatic rings. The maximum Gasteiger partial charge on any atom is 0.255 e. The number of nitrogens with zero attached hydrogens (tertiary/aromatic N) is 1. The summed E-state index contributed by atoms with van der Waals surface area (Å²) in [5.74, 6) is -1.07. The van der Waals surface area contributed by atoms with Gasteiger partial charge in [0.05, 0.1) is 16.4 Å². The van der Waals surface area contributed by atoms with E-state index in [-0.39, 0.29) is 15.1 Å². The number of hydrogen-bond donors (Lipinski definition) is 1. The van der Waals surface area contributed by atoms with Gasteiger partial charge < -0.3 is 5.32 Å². The molecule has 0 saturated heterocycles. The zero-order valence-electron chi connectivity index (χ0n) is 10.8. The minimum Gasteiger partial charge on any atom is -0.321 e. The number of rotatable bonds is 3. The van der Waals surface area contributed by atoms with E-state index in [0.717, 1.165) is 12.3 Å². The van der Waals surface area contributed by atoms with E-state index >= 15 is 0 Å². The Kier molecular flexibility index (Phi) is 4.38. The van der Waals surface area contributed by atoms with Crippen LogP contribution >= 0.6 is 15.9 Å². The van der Waals surface area contributed by atoms with E-state index in [1.54, 1.807) is 0 Å². The smallest absolute Gasteiger partial charge is 0.255 e. The second-order valence-electron chi connectivity index (χ2n) is 4.24. The highest BCUT2D eigenvalue weighted by atomic mass is 79.9. The summed E-state index contributed by atoms with van der Waals surface area (Å²) in [7, 11) is -3.39. The predicted octanol–water partition coefficient (Wildman–Crippen LogP) is 2.64. The normalized spacial score (nSPS) is 11.2. The van der Waals surface area contributed by atoms with Crippen molar-refractivity contribution in [1.82, 2.24) is 4.98 Å². The summed E-state index contributed by atoms with van der Waals surface area (Å²) in [5.41, 5.74) is 0.457. The van der Waals surface area contributed by atoms with E-state index in [0.29, 0.717) is 5.69 Å². The molecule has 0 unspecified atom stereocenters. The van der Waals surface area contributed by atoms with Crippen LogP contribution in [0.5, 0.6) is 0 Å². The number of hydrogen-bond acceptors (Lipinski definition) is 4. The van der Waals surface area contributed by atoms with Gasteiger partial charge in [-0.1, -0.05) is 0 Å². The summed E-state index contributed by atoms with van der Waals surface area (Å²) in [4.78, 5) is 15.7. The van der Waals surface area contributed by atoms with E-state index in [1.807, 2.05) is 0 Å². The Balaban J connectivity index is 2.18. The first-order valence-corrected chi connectivity index (χ1v) is 8.38. The van der Waals surface area contributed by atoms with Gasteiger partial charge in [0.2, 0.25) is 0 Å². The SMILES string of the molecule is CS(=O)(=O)c1ccc(NC(=O)c2ccc(Br)c(F)c2)cn1. The molecule has 0 aliphatic carbocycles. The van der Waals surface area contributed by atoms with Gasteiger partial charge in [-0.2, -0.15) is 0 Å². The van der Waals surface area contributed by atoms with Gasteiger partial charge >= 0.3 is 0 Å². The van der Waals surface area contributed by atoms with Crippen LogP contribution in [-0.4, -0.2) is 25.6 Å². The van der Waals surface area contributed by atoms with Crippen LogP contribution in [0.4, 0.5) is 10.1 Å². The van der Waals surface area contributed by atoms with Crippen LogP contribution in [0.2, 0.25) is 0 Å². The first kappa shape index (κ1) is 15.6. The monoisotopic (exact) mass is 372 g/mol. The lowest BCUT2D eigenvalue weighted by Crippen LogP contribution is -2.12. The lowest BCUT2D eigenvalue weighted by atomic mass is 10.2. The first-order chi connectivity index (χ1) is 9.77. The molecule has 0 aliphatic rings. The fraction of sp³-hybridized carbons (Fsp3) is 0.0769. The molecule has 1 aromatic carbocycles. The van der Waals surface area contributed by atoms with Crippen molar-refractivity contribution in [2.45, 2.75) is 5.03 Å². The van der Waals surface area contributed by atoms with Gasteiger partial charge in [-0.3, -0.25) is 4.79 Å². The molecule has 0 aliphatic heterocycles. The quantitative estimate of drug-likeness (QED) is 0.898. The number of anilines is 1. The molecule has 0 radical (unpaired) electrons. The number of sulfone groups is 1. The van der Waals surface area contributed by atoms with Gasteiger partial charge in [-0.25, -0.2) is 17.8 Å². The molecule has 21 heavy (non-hydrogen) atoms. The Labute approximate surface area is 129 Å². The lowest BCUT2D eigenvalue weighted by molar-refractivity contribution is 0.102. The summed E-state index contributed by atoms with van der Waals surface area (Å²) >= 11 is 3.00. The molecule has 1 N–H and O–H groups in total. The van der Waals surface area contributed by atoms with Crippen LogP contribution in [0.15, 0.2) is 46.0 Å². The fourth-order valence-corrected chi connectivity index (χ4v) is 2.32. The van der Waals surface area contributed by atoms with Crippen LogP contribution in [0, 0.1) is 5.82 Å². The highest BCUT2D eigenvalue weighted by molar-refractivity contribution is 9.10. The number of halogens is 2. The maximum atomic E-state index is 13.4. The van der Waals surface area contributed by atoms with Crippen molar-refractivity contribution in [2.75, 3.05) is 11.6 Å². The minimum absolute atomic E-state index is 0.0878. The average molecular weight is 373 g/mol. The van der Waals surface area contributed by atoms with Gasteiger partial charge in [0, 0.05) is 11.8 Å². The molecule has 1 aromatic heterocycles. The Bertz CT molecular complexity index is 792. The summed E-state index contributed by atoms with van der Waals surface area (Å²) < 4.78 is 36.1. The third kappa shape index (κ3) is 3.85. The molecule has 110 valence electrons. The molecule has 5 nitrogen and oxygen atoms in total. The number of pyridine rings is 1. The van der Waals surface area contributed by atoms with Crippen LogP contribution in [0.3, 0.4) is 0 Å². The van der Waals surface area contributed by atoms with E-state index in [4.69, 9.17) is 0 Å². The number of aromatic nitrogens is 1. The number of nitrogens with one attached hydrogen (secondary N) is 1. The number of benzene rings is 1. The van der Waals surface area contributed by atoms with E-state index in [9.17, 15) is 17.6 Å². The maximum absolute atomic E-state index is 13.4. The van der Waals surface area contributed by atoms with Crippen LogP contribution in [-0.2, 0) is 9.84 Å². The summed E-state index contributed by atoms with van der Waals surface area (Å²) in [6.07, 6.45) is 2.27. The molecule has 0 saturated carbocycles. The Hall–Kier alpha value is -1.80. The van der Waals surface area contributed by atoms with Gasteiger partial charge in [0.1, 0.15) is 5.82 Å². The number of carbonyl (C=O) groups is 1. The van der Waals surface area contributed by atoms with Crippen molar-refractivity contribution < 1.29 is 17.6 Å². The fourth-order valence-electron chi connectivity index (χ4n) is 1.51. The highest BCUT2D eigenvalue weighted by Gasteiger charge is 2.11. The molecule has 1 amide bonds. The molecule has 0 spiro atoms. The van der Waals surface area contributed by atoms with Gasteiger partial charge in [0.15, 0.2) is 14.9 Å². The summed E-state index contributed by atoms with van der Waals surface area (Å²) in [6, 6.07) is 6.68. The first-order valence-electron chi connectivity index (χ1n) is 5.70. The summed E-state index contributed by atoms with van der Waals surface area (Å²) in [5, 5.41) is 2.42. The van der Waals surface area contributed by atoms with E-state index in [1.165, 1.54) is 30.5 Å². The van der Waals surface area contributed by atoms with Gasteiger partial charge in [0.25, 0.3) is 5.91 Å². The van der Waals surface area contributed by atoms with Crippen molar-refractivity contribution in [3.8, 4) is 0 Å². The molecule has 2 rings (SSSR count). The van der Waals surface area contributed by atoms with E-state index < -0.39 is 21.6 Å². The van der Waals surface area contributed by atoms with Crippen LogP contribution in [0.1, 0.15) is 10.4 Å². The Morgan fingerprint density at radius 2 is 2.00 bits per heavy atom. The van der Waals surface area contributed by atoms with Crippen molar-refractivity contribution >= 4 is 37.4 Å². The highest BCUT2D eigenvalue weighted by Crippen LogP contribution is 2.17. The van der Waals surface area contributed by atoms with Crippen LogP contribution < -0.4 is 5.32 Å². The number of carbonyl (C=O) groups excluding carboxylic acids is 1. The van der Waals surface area contributed by atoms with Crippen molar-refractivity contribution in [3.63, 3.8) is 0 Å². The van der Waals surface area contributed by atoms with Gasteiger partial charge in [-0.05, 0) is 46.3 Å². The standard InChI is InChI=1S/C13H10BrFN2O3S/c1-21(19,20)12-5-3-9(7-16-12)17-13(18)8-2-4-10(14)11(15)6-8/h2-7H,1H3,(H,17,18). The second-order valence-corrected chi connectivity index (χ2v) is 7.06. The zero-order valence-corrected chi connectivity index (χ0v) is 13.2. The van der Waals surface area contributed by atoms with Crippen molar-refractivity contribution in [2.24, 2.45) is 0 Å². The predicted molar refractivity (Wildman–Crippen MR) is 79.4 cm³/mol. The van der Waals surface area contributed by atoms with Gasteiger partial charge in [-0.15, -0.1) is 0 Å². The Morgan fingerprint density at radius 1 is 1.29 bits per heavy atom.